The van der Waals surface area contributed by atoms with Crippen LogP contribution >= 0.6 is 11.8 Å². The Morgan fingerprint density at radius 3 is 3.12 bits per heavy atom. The van der Waals surface area contributed by atoms with Crippen molar-refractivity contribution in [3.05, 3.63) is 47.0 Å². The van der Waals surface area contributed by atoms with Gasteiger partial charge in [0.15, 0.2) is 5.84 Å². The van der Waals surface area contributed by atoms with Gasteiger partial charge < -0.3 is 19.7 Å². The van der Waals surface area contributed by atoms with Gasteiger partial charge in [-0.3, -0.25) is 0 Å². The lowest BCUT2D eigenvalue weighted by Gasteiger charge is -2.05. The number of hydrogen-bond donors (Lipinski definition) is 1. The molecule has 0 fully saturated rings. The number of cyclic esters (lactones) is 1. The van der Waals surface area contributed by atoms with E-state index in [-0.39, 0.29) is 24.0 Å². The normalized spacial score (nSPS) is 13.5. The highest BCUT2D eigenvalue weighted by molar-refractivity contribution is 8.00. The third kappa shape index (κ3) is 3.40. The van der Waals surface area contributed by atoms with Gasteiger partial charge in [-0.1, -0.05) is 16.9 Å². The predicted molar refractivity (Wildman–Crippen MR) is 84.6 cm³/mol. The molecule has 0 aliphatic carbocycles. The molecule has 124 valence electrons. The summed E-state index contributed by atoms with van der Waals surface area (Å²) >= 11 is 1.22. The van der Waals surface area contributed by atoms with E-state index in [4.69, 9.17) is 14.9 Å². The molecule has 0 atom stereocenters. The number of esters is 1. The third-order valence-electron chi connectivity index (χ3n) is 3.08. The minimum Gasteiger partial charge on any atom is -0.457 e. The number of nitrogens with two attached hydrogens (primary N) is 1. The van der Waals surface area contributed by atoms with Gasteiger partial charge in [0.1, 0.15) is 11.6 Å². The summed E-state index contributed by atoms with van der Waals surface area (Å²) in [6, 6.07) is 4.82. The second-order valence-electron chi connectivity index (χ2n) is 4.91. The van der Waals surface area contributed by atoms with Crippen LogP contribution in [0.3, 0.4) is 0 Å². The summed E-state index contributed by atoms with van der Waals surface area (Å²) in [6.07, 6.45) is 1.35. The second kappa shape index (κ2) is 6.75. The fourth-order valence-corrected chi connectivity index (χ4v) is 2.98. The topological polar surface area (TPSA) is 117 Å². The molecule has 0 unspecified atom stereocenters. The molecule has 3 heterocycles. The minimum atomic E-state index is -0.744. The molecule has 0 saturated carbocycles. The highest BCUT2D eigenvalue weighted by Gasteiger charge is 2.26. The monoisotopic (exact) mass is 347 g/mol. The van der Waals surface area contributed by atoms with Crippen LogP contribution in [0.15, 0.2) is 39.1 Å². The summed E-state index contributed by atoms with van der Waals surface area (Å²) in [5.74, 6) is -0.851. The zero-order chi connectivity index (χ0) is 17.1. The van der Waals surface area contributed by atoms with Gasteiger partial charge in [-0.15, -0.1) is 0 Å². The molecule has 1 aliphatic rings. The number of furan rings is 1. The number of aromatic nitrogens is 1. The van der Waals surface area contributed by atoms with E-state index in [9.17, 15) is 9.59 Å². The lowest BCUT2D eigenvalue weighted by Crippen LogP contribution is -2.17. The molecule has 1 aliphatic heterocycles. The van der Waals surface area contributed by atoms with Crippen molar-refractivity contribution >= 4 is 29.5 Å². The Labute approximate surface area is 141 Å². The third-order valence-corrected chi connectivity index (χ3v) is 4.09. The molecule has 0 saturated heterocycles. The summed E-state index contributed by atoms with van der Waals surface area (Å²) < 4.78 is 9.89. The molecule has 9 heteroatoms. The lowest BCUT2D eigenvalue weighted by atomic mass is 10.1. The fraction of sp³-hybridized carbons (Fsp3) is 0.200. The van der Waals surface area contributed by atoms with Gasteiger partial charge in [-0.2, -0.15) is 0 Å². The Morgan fingerprint density at radius 1 is 1.54 bits per heavy atom. The number of nitrogens with zero attached hydrogens (tertiary/aromatic N) is 2. The molecule has 3 rings (SSSR count). The van der Waals surface area contributed by atoms with Crippen molar-refractivity contribution in [3.63, 3.8) is 0 Å². The van der Waals surface area contributed by atoms with E-state index in [2.05, 4.69) is 15.0 Å². The van der Waals surface area contributed by atoms with E-state index < -0.39 is 11.9 Å². The number of carbonyl (C=O) groups is 2. The minimum absolute atomic E-state index is 0.0279. The van der Waals surface area contributed by atoms with Crippen LogP contribution in [-0.2, 0) is 16.2 Å². The molecule has 0 amide bonds. The molecule has 0 bridgehead atoms. The summed E-state index contributed by atoms with van der Waals surface area (Å²) in [4.78, 5) is 32.3. The largest absolute Gasteiger partial charge is 0.457 e. The summed E-state index contributed by atoms with van der Waals surface area (Å²) in [6.45, 7) is 2.07. The Bertz CT molecular complexity index is 817. The van der Waals surface area contributed by atoms with Crippen molar-refractivity contribution in [3.8, 4) is 0 Å². The molecule has 0 spiro atoms. The highest BCUT2D eigenvalue weighted by Crippen LogP contribution is 2.29. The first-order chi connectivity index (χ1) is 11.5. The van der Waals surface area contributed by atoms with Gasteiger partial charge in [0.05, 0.1) is 17.6 Å². The highest BCUT2D eigenvalue weighted by atomic mass is 32.2. The van der Waals surface area contributed by atoms with E-state index in [1.807, 2.05) is 13.0 Å². The maximum atomic E-state index is 11.8. The van der Waals surface area contributed by atoms with Crippen molar-refractivity contribution in [2.45, 2.75) is 18.6 Å². The number of carbonyl (C=O) groups excluding carboxylic acids is 2. The molecule has 2 N–H and O–H groups in total. The molecule has 2 aromatic heterocycles. The molecule has 8 nitrogen and oxygen atoms in total. The van der Waals surface area contributed by atoms with E-state index in [1.54, 1.807) is 6.07 Å². The fourth-order valence-electron chi connectivity index (χ4n) is 2.07. The second-order valence-corrected chi connectivity index (χ2v) is 5.87. The number of aryl methyl sites for hydroxylation is 1. The van der Waals surface area contributed by atoms with Crippen LogP contribution in [0, 0.1) is 6.92 Å². The van der Waals surface area contributed by atoms with Crippen LogP contribution in [-0.4, -0.2) is 28.5 Å². The molecule has 0 radical (unpaired) electrons. The first kappa shape index (κ1) is 16.1. The zero-order valence-corrected chi connectivity index (χ0v) is 13.5. The summed E-state index contributed by atoms with van der Waals surface area (Å²) in [5, 5.41) is 4.07. The molecule has 24 heavy (non-hydrogen) atoms. The summed E-state index contributed by atoms with van der Waals surface area (Å²) in [7, 11) is 0. The van der Waals surface area contributed by atoms with Crippen LogP contribution < -0.4 is 5.73 Å². The molecule has 0 aromatic carbocycles. The van der Waals surface area contributed by atoms with Gasteiger partial charge in [0.2, 0.25) is 5.76 Å². The Hall–Kier alpha value is -2.81. The smallest absolute Gasteiger partial charge is 0.400 e. The van der Waals surface area contributed by atoms with Crippen molar-refractivity contribution in [2.75, 3.05) is 5.75 Å². The van der Waals surface area contributed by atoms with E-state index >= 15 is 0 Å². The average Bonchev–Trinajstić information content (AvgIpc) is 3.20. The van der Waals surface area contributed by atoms with Crippen molar-refractivity contribution < 1.29 is 23.6 Å². The van der Waals surface area contributed by atoms with Crippen molar-refractivity contribution in [1.82, 2.24) is 4.98 Å². The zero-order valence-electron chi connectivity index (χ0n) is 12.6. The number of pyridine rings is 1. The first-order valence-electron chi connectivity index (χ1n) is 6.92. The predicted octanol–water partition coefficient (Wildman–Crippen LogP) is 1.87. The number of ether oxygens (including phenoxy) is 1. The molecular formula is C15H13N3O5S. The van der Waals surface area contributed by atoms with E-state index in [0.717, 1.165) is 11.3 Å². The summed E-state index contributed by atoms with van der Waals surface area (Å²) in [5.41, 5.74) is 7.74. The Kier molecular flexibility index (Phi) is 4.52. The molecular weight excluding hydrogens is 334 g/mol. The maximum Gasteiger partial charge on any atom is 0.400 e. The van der Waals surface area contributed by atoms with Gasteiger partial charge >= 0.3 is 11.9 Å². The Morgan fingerprint density at radius 2 is 2.38 bits per heavy atom. The number of hydrogen-bond acceptors (Lipinski definition) is 8. The Balaban J connectivity index is 1.65. The first-order valence-corrected chi connectivity index (χ1v) is 7.91. The SMILES string of the molecule is Cc1cc2c(c(SC/C(N)=N/OC(=O)c3ccco3)n1)C(=O)OC2. The van der Waals surface area contributed by atoms with Crippen LogP contribution in [0.4, 0.5) is 0 Å². The van der Waals surface area contributed by atoms with Gasteiger partial charge in [-0.05, 0) is 25.1 Å². The van der Waals surface area contributed by atoms with Crippen LogP contribution in [0.5, 0.6) is 0 Å². The van der Waals surface area contributed by atoms with Crippen molar-refractivity contribution in [1.29, 1.82) is 0 Å². The van der Waals surface area contributed by atoms with Gasteiger partial charge in [0, 0.05) is 11.3 Å². The number of rotatable bonds is 5. The number of thioether (sulfide) groups is 1. The quantitative estimate of drug-likeness (QED) is 0.217. The van der Waals surface area contributed by atoms with Gasteiger partial charge in [0.25, 0.3) is 0 Å². The number of fused-ring (bicyclic) bond motifs is 1. The van der Waals surface area contributed by atoms with Crippen LogP contribution in [0.1, 0.15) is 32.2 Å². The van der Waals surface area contributed by atoms with Crippen molar-refractivity contribution in [2.24, 2.45) is 10.9 Å². The van der Waals surface area contributed by atoms with Gasteiger partial charge in [-0.25, -0.2) is 14.6 Å². The number of amidine groups is 1. The van der Waals surface area contributed by atoms with E-state index in [1.165, 1.54) is 24.1 Å². The van der Waals surface area contributed by atoms with E-state index in [0.29, 0.717) is 10.6 Å². The standard InChI is InChI=1S/C15H13N3O5S/c1-8-5-9-6-22-15(20)12(9)13(17-8)24-7-11(16)18-23-14(19)10-3-2-4-21-10/h2-5H,6-7H2,1H3,(H2,16,18). The van der Waals surface area contributed by atoms with Crippen LogP contribution in [0.2, 0.25) is 0 Å². The lowest BCUT2D eigenvalue weighted by molar-refractivity contribution is 0.0478. The maximum absolute atomic E-state index is 11.8. The van der Waals surface area contributed by atoms with Crippen LogP contribution in [0.25, 0.3) is 0 Å². The molecule has 2 aromatic rings. The number of oxime groups is 1. The average molecular weight is 347 g/mol.